The summed E-state index contributed by atoms with van der Waals surface area (Å²) >= 11 is 0. The zero-order valence-corrected chi connectivity index (χ0v) is 6.24. The van der Waals surface area contributed by atoms with Crippen LogP contribution >= 0.6 is 0 Å². The Morgan fingerprint density at radius 2 is 1.73 bits per heavy atom. The lowest BCUT2D eigenvalue weighted by atomic mass is 10.2. The summed E-state index contributed by atoms with van der Waals surface area (Å²) in [5.41, 5.74) is 0.755. The normalized spacial score (nSPS) is 9.91. The molecule has 3 nitrogen and oxygen atoms in total. The molecule has 0 saturated carbocycles. The largest absolute Gasteiger partial charge is 0.508 e. The van der Waals surface area contributed by atoms with E-state index >= 15 is 0 Å². The van der Waals surface area contributed by atoms with Crippen LogP contribution in [0.5, 0.6) is 11.5 Å². The van der Waals surface area contributed by atoms with Crippen molar-refractivity contribution in [2.45, 2.75) is 6.61 Å². The van der Waals surface area contributed by atoms with Gasteiger partial charge in [0.1, 0.15) is 11.5 Å². The van der Waals surface area contributed by atoms with Gasteiger partial charge >= 0.3 is 0 Å². The van der Waals surface area contributed by atoms with Gasteiger partial charge in [0.2, 0.25) is 0 Å². The van der Waals surface area contributed by atoms with Gasteiger partial charge in [0.15, 0.2) is 0 Å². The molecule has 0 saturated heterocycles. The van der Waals surface area contributed by atoms with Crippen LogP contribution in [0.3, 0.4) is 0 Å². The van der Waals surface area contributed by atoms with Gasteiger partial charge < -0.3 is 14.9 Å². The number of benzene rings is 1. The van der Waals surface area contributed by atoms with E-state index in [0.717, 1.165) is 5.56 Å². The molecule has 2 N–H and O–H groups in total. The van der Waals surface area contributed by atoms with Crippen molar-refractivity contribution >= 4 is 0 Å². The van der Waals surface area contributed by atoms with Crippen molar-refractivity contribution < 1.29 is 14.9 Å². The van der Waals surface area contributed by atoms with Gasteiger partial charge in [-0.1, -0.05) is 0 Å². The summed E-state index contributed by atoms with van der Waals surface area (Å²) in [6.45, 7) is 0.391. The maximum atomic E-state index is 9.00. The molecule has 0 radical (unpaired) electrons. The molecule has 0 amide bonds. The molecular formula is C8H10O3. The van der Waals surface area contributed by atoms with Crippen molar-refractivity contribution in [2.24, 2.45) is 0 Å². The molecule has 11 heavy (non-hydrogen) atoms. The average Bonchev–Trinajstić information content (AvgIpc) is 1.85. The molecular weight excluding hydrogens is 144 g/mol. The quantitative estimate of drug-likeness (QED) is 0.673. The van der Waals surface area contributed by atoms with Gasteiger partial charge in [-0.15, -0.1) is 0 Å². The third-order valence-corrected chi connectivity index (χ3v) is 1.27. The molecule has 0 unspecified atom stereocenters. The van der Waals surface area contributed by atoms with Crippen molar-refractivity contribution in [3.05, 3.63) is 23.8 Å². The minimum atomic E-state index is 0.0528. The summed E-state index contributed by atoms with van der Waals surface area (Å²) in [6.07, 6.45) is 0. The minimum Gasteiger partial charge on any atom is -0.508 e. The van der Waals surface area contributed by atoms with E-state index in [1.165, 1.54) is 6.07 Å². The first-order chi connectivity index (χ1) is 5.22. The van der Waals surface area contributed by atoms with Gasteiger partial charge in [0.25, 0.3) is 0 Å². The molecule has 0 aliphatic carbocycles. The van der Waals surface area contributed by atoms with E-state index in [0.29, 0.717) is 6.61 Å². The molecule has 0 aliphatic heterocycles. The van der Waals surface area contributed by atoms with Crippen LogP contribution in [-0.2, 0) is 11.3 Å². The summed E-state index contributed by atoms with van der Waals surface area (Å²) < 4.78 is 4.82. The van der Waals surface area contributed by atoms with Gasteiger partial charge in [-0.2, -0.15) is 0 Å². The van der Waals surface area contributed by atoms with E-state index in [1.807, 2.05) is 0 Å². The van der Waals surface area contributed by atoms with E-state index in [9.17, 15) is 0 Å². The van der Waals surface area contributed by atoms with Crippen LogP contribution in [-0.4, -0.2) is 17.3 Å². The molecule has 0 bridgehead atoms. The van der Waals surface area contributed by atoms with E-state index in [1.54, 1.807) is 19.2 Å². The first-order valence-electron chi connectivity index (χ1n) is 3.23. The van der Waals surface area contributed by atoms with Crippen molar-refractivity contribution in [3.8, 4) is 11.5 Å². The number of aromatic hydroxyl groups is 2. The lowest BCUT2D eigenvalue weighted by molar-refractivity contribution is 0.184. The highest BCUT2D eigenvalue weighted by Crippen LogP contribution is 2.20. The maximum Gasteiger partial charge on any atom is 0.119 e. The standard InChI is InChI=1S/C8H10O3/c1-11-5-6-2-7(9)4-8(10)3-6/h2-4,9-10H,5H2,1H3. The molecule has 0 atom stereocenters. The van der Waals surface area contributed by atoms with Crippen LogP contribution in [0, 0.1) is 0 Å². The number of hydrogen-bond acceptors (Lipinski definition) is 3. The average molecular weight is 154 g/mol. The summed E-state index contributed by atoms with van der Waals surface area (Å²) in [5.74, 6) is 0.106. The van der Waals surface area contributed by atoms with Crippen molar-refractivity contribution in [1.82, 2.24) is 0 Å². The van der Waals surface area contributed by atoms with Crippen LogP contribution in [0.25, 0.3) is 0 Å². The Hall–Kier alpha value is -1.22. The summed E-state index contributed by atoms with van der Waals surface area (Å²) in [6, 6.07) is 4.37. The van der Waals surface area contributed by atoms with Gasteiger partial charge in [-0.3, -0.25) is 0 Å². The van der Waals surface area contributed by atoms with Gasteiger partial charge in [-0.25, -0.2) is 0 Å². The van der Waals surface area contributed by atoms with E-state index in [4.69, 9.17) is 14.9 Å². The van der Waals surface area contributed by atoms with Gasteiger partial charge in [-0.05, 0) is 17.7 Å². The monoisotopic (exact) mass is 154 g/mol. The highest BCUT2D eigenvalue weighted by atomic mass is 16.5. The van der Waals surface area contributed by atoms with E-state index < -0.39 is 0 Å². The fourth-order valence-corrected chi connectivity index (χ4v) is 0.906. The second-order valence-corrected chi connectivity index (χ2v) is 2.29. The zero-order chi connectivity index (χ0) is 8.27. The predicted molar refractivity (Wildman–Crippen MR) is 40.5 cm³/mol. The molecule has 1 aromatic rings. The molecule has 0 spiro atoms. The maximum absolute atomic E-state index is 9.00. The zero-order valence-electron chi connectivity index (χ0n) is 6.24. The number of ether oxygens (including phenoxy) is 1. The molecule has 1 rings (SSSR count). The fourth-order valence-electron chi connectivity index (χ4n) is 0.906. The van der Waals surface area contributed by atoms with Crippen LogP contribution in [0.4, 0.5) is 0 Å². The number of phenols is 2. The van der Waals surface area contributed by atoms with Crippen LogP contribution in [0.15, 0.2) is 18.2 Å². The number of hydrogen-bond donors (Lipinski definition) is 2. The Morgan fingerprint density at radius 3 is 2.18 bits per heavy atom. The molecule has 60 valence electrons. The van der Waals surface area contributed by atoms with Crippen molar-refractivity contribution in [3.63, 3.8) is 0 Å². The summed E-state index contributed by atoms with van der Waals surface area (Å²) in [7, 11) is 1.56. The first kappa shape index (κ1) is 7.88. The summed E-state index contributed by atoms with van der Waals surface area (Å²) in [5, 5.41) is 18.0. The number of rotatable bonds is 2. The smallest absolute Gasteiger partial charge is 0.119 e. The third-order valence-electron chi connectivity index (χ3n) is 1.27. The van der Waals surface area contributed by atoms with Gasteiger partial charge in [0.05, 0.1) is 6.61 Å². The fraction of sp³-hybridized carbons (Fsp3) is 0.250. The molecule has 0 aliphatic rings. The highest BCUT2D eigenvalue weighted by molar-refractivity contribution is 5.36. The van der Waals surface area contributed by atoms with Crippen LogP contribution in [0.1, 0.15) is 5.56 Å². The molecule has 3 heteroatoms. The Morgan fingerprint density at radius 1 is 1.18 bits per heavy atom. The lowest BCUT2D eigenvalue weighted by Gasteiger charge is -2.00. The molecule has 0 aromatic heterocycles. The van der Waals surface area contributed by atoms with Gasteiger partial charge in [0, 0.05) is 13.2 Å². The lowest BCUT2D eigenvalue weighted by Crippen LogP contribution is -1.85. The Labute approximate surface area is 64.9 Å². The Kier molecular flexibility index (Phi) is 2.33. The van der Waals surface area contributed by atoms with Crippen LogP contribution in [0.2, 0.25) is 0 Å². The molecule has 0 heterocycles. The second kappa shape index (κ2) is 3.25. The highest BCUT2D eigenvalue weighted by Gasteiger charge is 1.97. The Bertz CT molecular complexity index is 225. The predicted octanol–water partition coefficient (Wildman–Crippen LogP) is 1.24. The molecule has 0 fully saturated rings. The van der Waals surface area contributed by atoms with E-state index in [2.05, 4.69) is 0 Å². The Balaban J connectivity index is 2.89. The third kappa shape index (κ3) is 2.13. The van der Waals surface area contributed by atoms with Crippen molar-refractivity contribution in [1.29, 1.82) is 0 Å². The first-order valence-corrected chi connectivity index (χ1v) is 3.23. The summed E-state index contributed by atoms with van der Waals surface area (Å²) in [4.78, 5) is 0. The molecule has 1 aromatic carbocycles. The number of phenolic OH excluding ortho intramolecular Hbond substituents is 2. The number of methoxy groups -OCH3 is 1. The SMILES string of the molecule is COCc1cc(O)cc(O)c1. The second-order valence-electron chi connectivity index (χ2n) is 2.29. The van der Waals surface area contributed by atoms with E-state index in [-0.39, 0.29) is 11.5 Å². The minimum absolute atomic E-state index is 0.0528. The van der Waals surface area contributed by atoms with Crippen LogP contribution < -0.4 is 0 Å². The van der Waals surface area contributed by atoms with Crippen molar-refractivity contribution in [2.75, 3.05) is 7.11 Å². The topological polar surface area (TPSA) is 49.7 Å².